The molecule has 2 N–H and O–H groups in total. The Hall–Kier alpha value is -1.32. The quantitative estimate of drug-likeness (QED) is 0.892. The number of hydrogen-bond acceptors (Lipinski definition) is 3. The summed E-state index contributed by atoms with van der Waals surface area (Å²) < 4.78 is 0. The maximum atomic E-state index is 5.95. The summed E-state index contributed by atoms with van der Waals surface area (Å²) >= 11 is 1.66. The average Bonchev–Trinajstić information content (AvgIpc) is 2.40. The molecular formula is C14H16N2S. The number of nitrogens with zero attached hydrogens (tertiary/aromatic N) is 1. The average molecular weight is 244 g/mol. The molecule has 3 heteroatoms. The maximum Gasteiger partial charge on any atom is 0.101 e. The van der Waals surface area contributed by atoms with Crippen LogP contribution in [-0.4, -0.2) is 4.98 Å². The van der Waals surface area contributed by atoms with Gasteiger partial charge in [0.1, 0.15) is 5.03 Å². The van der Waals surface area contributed by atoms with Crippen LogP contribution in [0, 0.1) is 0 Å². The van der Waals surface area contributed by atoms with Crippen LogP contribution in [0.3, 0.4) is 0 Å². The summed E-state index contributed by atoms with van der Waals surface area (Å²) in [4.78, 5) is 5.63. The summed E-state index contributed by atoms with van der Waals surface area (Å²) in [6.45, 7) is 2.08. The van der Waals surface area contributed by atoms with Gasteiger partial charge in [-0.3, -0.25) is 0 Å². The van der Waals surface area contributed by atoms with Gasteiger partial charge in [0.25, 0.3) is 0 Å². The molecule has 2 rings (SSSR count). The van der Waals surface area contributed by atoms with Crippen LogP contribution in [0.25, 0.3) is 0 Å². The highest BCUT2D eigenvalue weighted by molar-refractivity contribution is 7.99. The zero-order chi connectivity index (χ0) is 12.1. The normalized spacial score (nSPS) is 12.4. The minimum absolute atomic E-state index is 0.0956. The zero-order valence-corrected chi connectivity index (χ0v) is 10.7. The van der Waals surface area contributed by atoms with Crippen molar-refractivity contribution in [3.63, 3.8) is 0 Å². The van der Waals surface area contributed by atoms with Gasteiger partial charge in [0.05, 0.1) is 0 Å². The van der Waals surface area contributed by atoms with Gasteiger partial charge >= 0.3 is 0 Å². The number of benzene rings is 1. The molecule has 1 aromatic carbocycles. The summed E-state index contributed by atoms with van der Waals surface area (Å²) in [5.74, 6) is 0. The molecule has 1 heterocycles. The number of nitrogens with two attached hydrogens (primary N) is 1. The van der Waals surface area contributed by atoms with Crippen LogP contribution in [0.5, 0.6) is 0 Å². The van der Waals surface area contributed by atoms with Gasteiger partial charge in [0.2, 0.25) is 0 Å². The molecule has 0 fully saturated rings. The molecule has 2 aromatic rings. The molecule has 0 aliphatic carbocycles. The number of rotatable bonds is 4. The third-order valence-electron chi connectivity index (χ3n) is 2.59. The lowest BCUT2D eigenvalue weighted by Gasteiger charge is -2.08. The summed E-state index contributed by atoms with van der Waals surface area (Å²) in [5.41, 5.74) is 7.05. The van der Waals surface area contributed by atoms with Crippen molar-refractivity contribution >= 4 is 11.8 Å². The van der Waals surface area contributed by atoms with Crippen LogP contribution >= 0.6 is 11.8 Å². The lowest BCUT2D eigenvalue weighted by Crippen LogP contribution is -2.08. The fourth-order valence-corrected chi connectivity index (χ4v) is 2.29. The molecule has 0 unspecified atom stereocenters. The fourth-order valence-electron chi connectivity index (χ4n) is 1.52. The lowest BCUT2D eigenvalue weighted by molar-refractivity contribution is 0.693. The van der Waals surface area contributed by atoms with Gasteiger partial charge in [-0.1, -0.05) is 43.0 Å². The Labute approximate surface area is 106 Å². The van der Waals surface area contributed by atoms with E-state index in [0.717, 1.165) is 17.0 Å². The lowest BCUT2D eigenvalue weighted by atomic mass is 10.1. The molecule has 17 heavy (non-hydrogen) atoms. The van der Waals surface area contributed by atoms with E-state index in [1.807, 2.05) is 30.5 Å². The Bertz CT molecular complexity index is 453. The molecule has 0 spiro atoms. The van der Waals surface area contributed by atoms with E-state index in [2.05, 4.69) is 30.1 Å². The highest BCUT2D eigenvalue weighted by Gasteiger charge is 2.04. The first-order valence-corrected chi connectivity index (χ1v) is 6.55. The molecule has 88 valence electrons. The van der Waals surface area contributed by atoms with Crippen molar-refractivity contribution in [1.29, 1.82) is 0 Å². The van der Waals surface area contributed by atoms with E-state index in [1.54, 1.807) is 11.8 Å². The minimum Gasteiger partial charge on any atom is -0.324 e. The van der Waals surface area contributed by atoms with Crippen LogP contribution < -0.4 is 5.73 Å². The van der Waals surface area contributed by atoms with E-state index >= 15 is 0 Å². The minimum atomic E-state index is 0.0956. The van der Waals surface area contributed by atoms with Crippen LogP contribution in [0.4, 0.5) is 0 Å². The van der Waals surface area contributed by atoms with Crippen molar-refractivity contribution < 1.29 is 0 Å². The maximum absolute atomic E-state index is 5.95. The van der Waals surface area contributed by atoms with E-state index in [9.17, 15) is 0 Å². The first-order chi connectivity index (χ1) is 8.29. The first kappa shape index (κ1) is 12.1. The van der Waals surface area contributed by atoms with Crippen molar-refractivity contribution in [2.45, 2.75) is 29.3 Å². The second-order valence-electron chi connectivity index (χ2n) is 3.86. The van der Waals surface area contributed by atoms with Crippen molar-refractivity contribution in [3.05, 3.63) is 54.2 Å². The molecule has 0 saturated heterocycles. The molecule has 0 radical (unpaired) electrons. The summed E-state index contributed by atoms with van der Waals surface area (Å²) in [5, 5.41) is 1.00. The van der Waals surface area contributed by atoms with Gasteiger partial charge in [0.15, 0.2) is 0 Å². The zero-order valence-electron chi connectivity index (χ0n) is 9.84. The van der Waals surface area contributed by atoms with E-state index in [4.69, 9.17) is 5.73 Å². The third kappa shape index (κ3) is 3.32. The molecule has 0 bridgehead atoms. The summed E-state index contributed by atoms with van der Waals surface area (Å²) in [6.07, 6.45) is 2.81. The van der Waals surface area contributed by atoms with Crippen molar-refractivity contribution in [2.75, 3.05) is 0 Å². The van der Waals surface area contributed by atoms with Gasteiger partial charge in [-0.05, 0) is 30.2 Å². The Balaban J connectivity index is 2.08. The molecule has 1 atom stereocenters. The monoisotopic (exact) mass is 244 g/mol. The van der Waals surface area contributed by atoms with Crippen molar-refractivity contribution in [2.24, 2.45) is 5.73 Å². The van der Waals surface area contributed by atoms with Gasteiger partial charge in [-0.2, -0.15) is 0 Å². The fraction of sp³-hybridized carbons (Fsp3) is 0.214. The highest BCUT2D eigenvalue weighted by atomic mass is 32.2. The van der Waals surface area contributed by atoms with Crippen LogP contribution in [0.15, 0.2) is 58.6 Å². The van der Waals surface area contributed by atoms with Crippen LogP contribution in [0.2, 0.25) is 0 Å². The molecule has 0 aliphatic heterocycles. The predicted molar refractivity (Wildman–Crippen MR) is 72.0 cm³/mol. The smallest absolute Gasteiger partial charge is 0.101 e. The molecule has 1 aromatic heterocycles. The van der Waals surface area contributed by atoms with Crippen molar-refractivity contribution in [1.82, 2.24) is 4.98 Å². The summed E-state index contributed by atoms with van der Waals surface area (Å²) in [6, 6.07) is 14.4. The number of aromatic nitrogens is 1. The molecule has 0 amide bonds. The van der Waals surface area contributed by atoms with E-state index in [-0.39, 0.29) is 6.04 Å². The molecule has 2 nitrogen and oxygen atoms in total. The van der Waals surface area contributed by atoms with Gasteiger partial charge in [-0.25, -0.2) is 4.98 Å². The predicted octanol–water partition coefficient (Wildman–Crippen LogP) is 3.64. The topological polar surface area (TPSA) is 38.9 Å². The Morgan fingerprint density at radius 2 is 1.94 bits per heavy atom. The molecule has 0 saturated carbocycles. The highest BCUT2D eigenvalue weighted by Crippen LogP contribution is 2.26. The number of pyridine rings is 1. The van der Waals surface area contributed by atoms with E-state index in [1.165, 1.54) is 4.90 Å². The SMILES string of the molecule is CC[C@@H](N)c1ccc(Sc2ccccc2)nc1. The largest absolute Gasteiger partial charge is 0.324 e. The third-order valence-corrected chi connectivity index (χ3v) is 3.55. The van der Waals surface area contributed by atoms with Crippen LogP contribution in [0.1, 0.15) is 24.9 Å². The second-order valence-corrected chi connectivity index (χ2v) is 4.95. The van der Waals surface area contributed by atoms with E-state index < -0.39 is 0 Å². The summed E-state index contributed by atoms with van der Waals surface area (Å²) in [7, 11) is 0. The van der Waals surface area contributed by atoms with Crippen molar-refractivity contribution in [3.8, 4) is 0 Å². The number of hydrogen-bond donors (Lipinski definition) is 1. The molecule has 0 aliphatic rings. The standard InChI is InChI=1S/C14H16N2S/c1-2-13(15)11-8-9-14(16-10-11)17-12-6-4-3-5-7-12/h3-10,13H,2,15H2,1H3/t13-/m1/s1. The second kappa shape index (κ2) is 5.84. The van der Waals surface area contributed by atoms with Gasteiger partial charge < -0.3 is 5.73 Å². The van der Waals surface area contributed by atoms with Gasteiger partial charge in [0, 0.05) is 17.1 Å². The van der Waals surface area contributed by atoms with Crippen LogP contribution in [-0.2, 0) is 0 Å². The molecular weight excluding hydrogens is 228 g/mol. The van der Waals surface area contributed by atoms with Gasteiger partial charge in [-0.15, -0.1) is 0 Å². The first-order valence-electron chi connectivity index (χ1n) is 5.74. The Morgan fingerprint density at radius 1 is 1.18 bits per heavy atom. The van der Waals surface area contributed by atoms with E-state index in [0.29, 0.717) is 0 Å². The Morgan fingerprint density at radius 3 is 2.53 bits per heavy atom. The Kier molecular flexibility index (Phi) is 4.18.